The van der Waals surface area contributed by atoms with Gasteiger partial charge in [-0.05, 0) is 41.5 Å². The van der Waals surface area contributed by atoms with Crippen LogP contribution in [0.2, 0.25) is 0 Å². The van der Waals surface area contributed by atoms with Crippen molar-refractivity contribution in [1.82, 2.24) is 0 Å². The number of nitrogens with zero attached hydrogens (tertiary/aromatic N) is 2. The Morgan fingerprint density at radius 3 is 2.61 bits per heavy atom. The number of nitriles is 1. The maximum Gasteiger partial charge on any atom is 0.246 e. The molecule has 0 saturated heterocycles. The molecular weight excluding hydrogens is 392 g/mol. The molecule has 3 aliphatic rings. The monoisotopic (exact) mass is 410 g/mol. The lowest BCUT2D eigenvalue weighted by Gasteiger charge is -2.24. The number of amides is 1. The Labute approximate surface area is 179 Å². The van der Waals surface area contributed by atoms with Crippen LogP contribution in [0, 0.1) is 11.3 Å². The van der Waals surface area contributed by atoms with Gasteiger partial charge in [0.05, 0.1) is 18.2 Å². The molecule has 31 heavy (non-hydrogen) atoms. The first-order valence-corrected chi connectivity index (χ1v) is 10.2. The van der Waals surface area contributed by atoms with Gasteiger partial charge in [0.15, 0.2) is 11.5 Å². The van der Waals surface area contributed by atoms with Gasteiger partial charge < -0.3 is 19.1 Å². The summed E-state index contributed by atoms with van der Waals surface area (Å²) in [6.45, 7) is 1.70. The summed E-state index contributed by atoms with van der Waals surface area (Å²) in [5.74, 6) is 2.01. The van der Waals surface area contributed by atoms with E-state index in [2.05, 4.69) is 6.07 Å². The number of para-hydroxylation sites is 1. The fourth-order valence-electron chi connectivity index (χ4n) is 4.78. The van der Waals surface area contributed by atoms with E-state index in [0.717, 1.165) is 28.1 Å². The van der Waals surface area contributed by atoms with Crippen LogP contribution in [0.1, 0.15) is 22.3 Å². The molecule has 6 nitrogen and oxygen atoms in total. The van der Waals surface area contributed by atoms with Crippen LogP contribution < -0.4 is 19.1 Å². The summed E-state index contributed by atoms with van der Waals surface area (Å²) in [4.78, 5) is 15.7. The SMILES string of the molecule is N#Cc1ccc2c(c1)OCC21C(=O)N(Cc2ccc3c(c2)OCCO3)c2ccccc21. The van der Waals surface area contributed by atoms with E-state index >= 15 is 0 Å². The molecule has 0 fully saturated rings. The molecule has 3 aromatic rings. The number of rotatable bonds is 2. The smallest absolute Gasteiger partial charge is 0.246 e. The van der Waals surface area contributed by atoms with Gasteiger partial charge in [-0.1, -0.05) is 30.3 Å². The predicted octanol–water partition coefficient (Wildman–Crippen LogP) is 3.55. The molecule has 3 heterocycles. The zero-order valence-corrected chi connectivity index (χ0v) is 16.6. The zero-order valence-electron chi connectivity index (χ0n) is 16.6. The molecule has 152 valence electrons. The average molecular weight is 410 g/mol. The van der Waals surface area contributed by atoms with Crippen molar-refractivity contribution in [3.63, 3.8) is 0 Å². The van der Waals surface area contributed by atoms with Crippen LogP contribution in [-0.2, 0) is 16.8 Å². The van der Waals surface area contributed by atoms with Crippen molar-refractivity contribution in [3.8, 4) is 23.3 Å². The van der Waals surface area contributed by atoms with Gasteiger partial charge in [0, 0.05) is 11.3 Å². The van der Waals surface area contributed by atoms with Crippen molar-refractivity contribution in [1.29, 1.82) is 5.26 Å². The second-order valence-electron chi connectivity index (χ2n) is 7.90. The van der Waals surface area contributed by atoms with Crippen molar-refractivity contribution in [2.24, 2.45) is 0 Å². The highest BCUT2D eigenvalue weighted by molar-refractivity contribution is 6.11. The molecule has 0 N–H and O–H groups in total. The first-order valence-electron chi connectivity index (χ1n) is 10.2. The summed E-state index contributed by atoms with van der Waals surface area (Å²) in [6.07, 6.45) is 0. The number of hydrogen-bond donors (Lipinski definition) is 0. The number of anilines is 1. The van der Waals surface area contributed by atoms with Crippen molar-refractivity contribution in [2.75, 3.05) is 24.7 Å². The summed E-state index contributed by atoms with van der Waals surface area (Å²) in [7, 11) is 0. The molecule has 6 rings (SSSR count). The second kappa shape index (κ2) is 6.51. The molecule has 0 aromatic heterocycles. The van der Waals surface area contributed by atoms with E-state index in [1.807, 2.05) is 53.4 Å². The Morgan fingerprint density at radius 2 is 1.74 bits per heavy atom. The van der Waals surface area contributed by atoms with E-state index in [9.17, 15) is 10.1 Å². The second-order valence-corrected chi connectivity index (χ2v) is 7.90. The summed E-state index contributed by atoms with van der Waals surface area (Å²) < 4.78 is 17.3. The normalized spacial score (nSPS) is 20.2. The number of benzene rings is 3. The summed E-state index contributed by atoms with van der Waals surface area (Å²) in [5, 5.41) is 9.23. The van der Waals surface area contributed by atoms with Gasteiger partial charge in [-0.15, -0.1) is 0 Å². The van der Waals surface area contributed by atoms with Gasteiger partial charge in [-0.2, -0.15) is 5.26 Å². The van der Waals surface area contributed by atoms with E-state index in [1.54, 1.807) is 12.1 Å². The fourth-order valence-corrected chi connectivity index (χ4v) is 4.78. The van der Waals surface area contributed by atoms with E-state index in [-0.39, 0.29) is 12.5 Å². The van der Waals surface area contributed by atoms with Crippen molar-refractivity contribution < 1.29 is 19.0 Å². The molecule has 0 bridgehead atoms. The van der Waals surface area contributed by atoms with Gasteiger partial charge in [-0.3, -0.25) is 4.79 Å². The lowest BCUT2D eigenvalue weighted by atomic mass is 9.77. The van der Waals surface area contributed by atoms with Gasteiger partial charge in [-0.25, -0.2) is 0 Å². The molecular formula is C25H18N2O4. The molecule has 0 aliphatic carbocycles. The third-order valence-electron chi connectivity index (χ3n) is 6.23. The van der Waals surface area contributed by atoms with E-state index in [0.29, 0.717) is 36.8 Å². The number of carbonyl (C=O) groups excluding carboxylic acids is 1. The van der Waals surface area contributed by atoms with E-state index in [4.69, 9.17) is 14.2 Å². The quantitative estimate of drug-likeness (QED) is 0.646. The summed E-state index contributed by atoms with van der Waals surface area (Å²) >= 11 is 0. The minimum absolute atomic E-state index is 0.0213. The van der Waals surface area contributed by atoms with Crippen LogP contribution in [0.25, 0.3) is 0 Å². The molecule has 0 saturated carbocycles. The highest BCUT2D eigenvalue weighted by Gasteiger charge is 2.56. The Morgan fingerprint density at radius 1 is 0.903 bits per heavy atom. The first-order chi connectivity index (χ1) is 15.2. The summed E-state index contributed by atoms with van der Waals surface area (Å²) in [5.41, 5.74) is 3.21. The molecule has 3 aromatic carbocycles. The van der Waals surface area contributed by atoms with E-state index < -0.39 is 5.41 Å². The van der Waals surface area contributed by atoms with Crippen LogP contribution >= 0.6 is 0 Å². The van der Waals surface area contributed by atoms with Gasteiger partial charge >= 0.3 is 0 Å². The Kier molecular flexibility index (Phi) is 3.75. The predicted molar refractivity (Wildman–Crippen MR) is 112 cm³/mol. The maximum atomic E-state index is 13.9. The number of hydrogen-bond acceptors (Lipinski definition) is 5. The van der Waals surface area contributed by atoms with Crippen LogP contribution in [0.15, 0.2) is 60.7 Å². The minimum Gasteiger partial charge on any atom is -0.491 e. The molecule has 6 heteroatoms. The Balaban J connectivity index is 1.43. The highest BCUT2D eigenvalue weighted by Crippen LogP contribution is 2.52. The summed E-state index contributed by atoms with van der Waals surface area (Å²) in [6, 6.07) is 21.1. The molecule has 1 spiro atoms. The molecule has 1 unspecified atom stereocenters. The lowest BCUT2D eigenvalue weighted by Crippen LogP contribution is -2.42. The van der Waals surface area contributed by atoms with Crippen molar-refractivity contribution in [2.45, 2.75) is 12.0 Å². The highest BCUT2D eigenvalue weighted by atomic mass is 16.6. The number of ether oxygens (including phenoxy) is 3. The van der Waals surface area contributed by atoms with Gasteiger partial charge in [0.1, 0.15) is 31.0 Å². The van der Waals surface area contributed by atoms with Crippen molar-refractivity contribution >= 4 is 11.6 Å². The van der Waals surface area contributed by atoms with Gasteiger partial charge in [0.25, 0.3) is 0 Å². The standard InChI is InChI=1S/C25H18N2O4/c26-13-16-5-7-19-22(11-16)31-15-25(19)18-3-1-2-4-20(18)27(24(25)28)14-17-6-8-21-23(12-17)30-10-9-29-21/h1-8,11-12H,9-10,14-15H2. The molecule has 1 atom stereocenters. The van der Waals surface area contributed by atoms with Crippen LogP contribution in [0.3, 0.4) is 0 Å². The molecule has 1 amide bonds. The maximum absolute atomic E-state index is 13.9. The Hall–Kier alpha value is -3.98. The van der Waals surface area contributed by atoms with E-state index in [1.165, 1.54) is 0 Å². The van der Waals surface area contributed by atoms with Crippen LogP contribution in [-0.4, -0.2) is 25.7 Å². The number of carbonyl (C=O) groups is 1. The van der Waals surface area contributed by atoms with Gasteiger partial charge in [0.2, 0.25) is 5.91 Å². The third-order valence-corrected chi connectivity index (χ3v) is 6.23. The largest absolute Gasteiger partial charge is 0.491 e. The lowest BCUT2D eigenvalue weighted by molar-refractivity contribution is -0.122. The zero-order chi connectivity index (χ0) is 21.0. The Bertz CT molecular complexity index is 1280. The van der Waals surface area contributed by atoms with Crippen LogP contribution in [0.4, 0.5) is 5.69 Å². The third kappa shape index (κ3) is 2.47. The average Bonchev–Trinajstić information content (AvgIpc) is 3.31. The minimum atomic E-state index is -0.895. The first kappa shape index (κ1) is 17.8. The van der Waals surface area contributed by atoms with Crippen molar-refractivity contribution in [3.05, 3.63) is 82.9 Å². The topological polar surface area (TPSA) is 71.8 Å². The van der Waals surface area contributed by atoms with Crippen LogP contribution in [0.5, 0.6) is 17.2 Å². The molecule has 3 aliphatic heterocycles. The number of fused-ring (bicyclic) bond motifs is 5. The molecule has 0 radical (unpaired) electrons. The fraction of sp³-hybridized carbons (Fsp3) is 0.200.